The lowest BCUT2D eigenvalue weighted by Crippen LogP contribution is -2.45. The Balaban J connectivity index is 1.05. The Kier molecular flexibility index (Phi) is 6.53. The molecule has 9 heteroatoms. The molecule has 1 aromatic carbocycles. The minimum Gasteiger partial charge on any atom is -0.474 e. The van der Waals surface area contributed by atoms with Crippen LogP contribution in [-0.4, -0.2) is 63.2 Å². The number of carbonyl (C=O) groups is 1. The Bertz CT molecular complexity index is 1380. The first-order chi connectivity index (χ1) is 18.1. The van der Waals surface area contributed by atoms with Crippen molar-refractivity contribution >= 4 is 16.9 Å². The van der Waals surface area contributed by atoms with Gasteiger partial charge in [0.15, 0.2) is 0 Å². The second kappa shape index (κ2) is 10.3. The third-order valence-corrected chi connectivity index (χ3v) is 7.15. The first-order valence-corrected chi connectivity index (χ1v) is 12.7. The van der Waals surface area contributed by atoms with Gasteiger partial charge in [0.05, 0.1) is 29.9 Å². The van der Waals surface area contributed by atoms with Crippen molar-refractivity contribution in [3.05, 3.63) is 60.7 Å². The summed E-state index contributed by atoms with van der Waals surface area (Å²) in [6.45, 7) is 2.67. The van der Waals surface area contributed by atoms with E-state index >= 15 is 0 Å². The number of ether oxygens (including phenoxy) is 2. The lowest BCUT2D eigenvalue weighted by molar-refractivity contribution is -0.141. The summed E-state index contributed by atoms with van der Waals surface area (Å²) in [7, 11) is 0. The molecule has 0 unspecified atom stereocenters. The van der Waals surface area contributed by atoms with Gasteiger partial charge in [-0.15, -0.1) is 0 Å². The van der Waals surface area contributed by atoms with Gasteiger partial charge in [-0.3, -0.25) is 9.78 Å². The van der Waals surface area contributed by atoms with Gasteiger partial charge in [0.2, 0.25) is 11.8 Å². The van der Waals surface area contributed by atoms with Gasteiger partial charge in [-0.2, -0.15) is 0 Å². The van der Waals surface area contributed by atoms with Crippen molar-refractivity contribution in [1.29, 1.82) is 0 Å². The maximum atomic E-state index is 13.5. The number of amides is 1. The smallest absolute Gasteiger partial charge is 0.225 e. The number of hydrogen-bond donors (Lipinski definition) is 1. The summed E-state index contributed by atoms with van der Waals surface area (Å²) in [6.07, 6.45) is 6.95. The number of aromatic amines is 1. The van der Waals surface area contributed by atoms with Gasteiger partial charge in [-0.05, 0) is 62.1 Å². The molecule has 1 saturated heterocycles. The number of imidazole rings is 1. The number of carbonyl (C=O) groups excluding carboxylic acids is 1. The molecule has 8 nitrogen and oxygen atoms in total. The summed E-state index contributed by atoms with van der Waals surface area (Å²) in [5.74, 6) is 1.27. The maximum absolute atomic E-state index is 13.5. The Morgan fingerprint density at radius 1 is 0.973 bits per heavy atom. The predicted octanol–water partition coefficient (Wildman–Crippen LogP) is 4.62. The highest BCUT2D eigenvalue weighted by atomic mass is 19.1. The van der Waals surface area contributed by atoms with Crippen LogP contribution in [0.3, 0.4) is 0 Å². The number of benzene rings is 1. The molecule has 37 heavy (non-hydrogen) atoms. The first kappa shape index (κ1) is 23.5. The molecule has 0 spiro atoms. The van der Waals surface area contributed by atoms with Gasteiger partial charge in [0.25, 0.3) is 0 Å². The van der Waals surface area contributed by atoms with Crippen LogP contribution >= 0.6 is 0 Å². The molecule has 3 aromatic heterocycles. The average molecular weight is 502 g/mol. The number of hydrogen-bond acceptors (Lipinski definition) is 6. The fourth-order valence-corrected chi connectivity index (χ4v) is 5.07. The van der Waals surface area contributed by atoms with Gasteiger partial charge >= 0.3 is 0 Å². The Morgan fingerprint density at radius 3 is 2.49 bits per heavy atom. The van der Waals surface area contributed by atoms with Crippen molar-refractivity contribution in [2.24, 2.45) is 5.92 Å². The Morgan fingerprint density at radius 2 is 1.76 bits per heavy atom. The predicted molar refractivity (Wildman–Crippen MR) is 136 cm³/mol. The van der Waals surface area contributed by atoms with E-state index in [0.717, 1.165) is 42.5 Å². The fraction of sp³-hybridized carbons (Fsp3) is 0.357. The van der Waals surface area contributed by atoms with E-state index in [9.17, 15) is 9.18 Å². The minimum absolute atomic E-state index is 0.0711. The zero-order valence-electron chi connectivity index (χ0n) is 20.4. The van der Waals surface area contributed by atoms with E-state index in [1.54, 1.807) is 18.5 Å². The van der Waals surface area contributed by atoms with Crippen molar-refractivity contribution in [3.63, 3.8) is 0 Å². The van der Waals surface area contributed by atoms with Crippen LogP contribution in [0.25, 0.3) is 33.7 Å². The van der Waals surface area contributed by atoms with Crippen LogP contribution in [0.2, 0.25) is 0 Å². The van der Waals surface area contributed by atoms with E-state index < -0.39 is 0 Å². The van der Waals surface area contributed by atoms with Gasteiger partial charge in [0.1, 0.15) is 17.7 Å². The van der Waals surface area contributed by atoms with E-state index in [1.165, 1.54) is 12.1 Å². The molecule has 0 bridgehead atoms. The summed E-state index contributed by atoms with van der Waals surface area (Å²) in [5.41, 5.74) is 3.84. The standard InChI is InChI=1S/C28H28FN5O3/c29-21-5-9-24-25(15-21)33-27(32-24)20-3-8-23(30-17-20)19-4-10-26(31-16-19)37-22-6-1-18(2-7-22)28(35)34-11-13-36-14-12-34/h3-5,8-10,15-18,22H,1-2,6-7,11-14H2,(H,32,33). The number of nitrogens with zero attached hydrogens (tertiary/aromatic N) is 4. The summed E-state index contributed by atoms with van der Waals surface area (Å²) in [5, 5.41) is 0. The molecule has 1 amide bonds. The molecule has 190 valence electrons. The molecular weight excluding hydrogens is 473 g/mol. The van der Waals surface area contributed by atoms with Crippen molar-refractivity contribution < 1.29 is 18.7 Å². The molecule has 2 fully saturated rings. The van der Waals surface area contributed by atoms with Crippen molar-refractivity contribution in [2.45, 2.75) is 31.8 Å². The van der Waals surface area contributed by atoms with Gasteiger partial charge in [-0.1, -0.05) is 0 Å². The second-order valence-corrected chi connectivity index (χ2v) is 9.59. The molecule has 0 radical (unpaired) electrons. The average Bonchev–Trinajstić information content (AvgIpc) is 3.37. The van der Waals surface area contributed by atoms with Gasteiger partial charge < -0.3 is 19.4 Å². The number of aromatic nitrogens is 4. The van der Waals surface area contributed by atoms with Crippen LogP contribution in [0.5, 0.6) is 5.88 Å². The fourth-order valence-electron chi connectivity index (χ4n) is 5.07. The Labute approximate surface area is 213 Å². The zero-order chi connectivity index (χ0) is 25.2. The summed E-state index contributed by atoms with van der Waals surface area (Å²) in [4.78, 5) is 31.4. The molecule has 6 rings (SSSR count). The van der Waals surface area contributed by atoms with Crippen molar-refractivity contribution in [1.82, 2.24) is 24.8 Å². The molecule has 2 aliphatic rings. The molecule has 0 atom stereocenters. The van der Waals surface area contributed by atoms with Gasteiger partial charge in [0, 0.05) is 48.6 Å². The van der Waals surface area contributed by atoms with Gasteiger partial charge in [-0.25, -0.2) is 14.4 Å². The summed E-state index contributed by atoms with van der Waals surface area (Å²) < 4.78 is 24.9. The molecule has 1 aliphatic heterocycles. The quantitative estimate of drug-likeness (QED) is 0.429. The van der Waals surface area contributed by atoms with Crippen LogP contribution in [0, 0.1) is 11.7 Å². The number of rotatable bonds is 5. The van der Waals surface area contributed by atoms with E-state index in [4.69, 9.17) is 9.47 Å². The lowest BCUT2D eigenvalue weighted by atomic mass is 9.86. The van der Waals surface area contributed by atoms with E-state index in [0.29, 0.717) is 49.0 Å². The minimum atomic E-state index is -0.303. The number of H-pyrrole nitrogens is 1. The highest BCUT2D eigenvalue weighted by Gasteiger charge is 2.31. The number of halogens is 1. The normalized spacial score (nSPS) is 20.2. The third-order valence-electron chi connectivity index (χ3n) is 7.15. The largest absolute Gasteiger partial charge is 0.474 e. The van der Waals surface area contributed by atoms with E-state index in [2.05, 4.69) is 19.9 Å². The van der Waals surface area contributed by atoms with Crippen LogP contribution < -0.4 is 4.74 Å². The first-order valence-electron chi connectivity index (χ1n) is 12.7. The zero-order valence-corrected chi connectivity index (χ0v) is 20.4. The molecule has 1 saturated carbocycles. The van der Waals surface area contributed by atoms with Crippen LogP contribution in [-0.2, 0) is 9.53 Å². The number of pyridine rings is 2. The van der Waals surface area contributed by atoms with Crippen molar-refractivity contribution in [2.75, 3.05) is 26.3 Å². The second-order valence-electron chi connectivity index (χ2n) is 9.59. The van der Waals surface area contributed by atoms with E-state index in [1.807, 2.05) is 29.2 Å². The molecule has 4 aromatic rings. The molecular formula is C28H28FN5O3. The SMILES string of the molecule is O=C(C1CCC(Oc2ccc(-c3ccc(-c4nc5ccc(F)cc5[nH]4)cn3)cn2)CC1)N1CCOCC1. The number of fused-ring (bicyclic) bond motifs is 1. The van der Waals surface area contributed by atoms with Crippen LogP contribution in [0.1, 0.15) is 25.7 Å². The summed E-state index contributed by atoms with van der Waals surface area (Å²) in [6, 6.07) is 12.1. The Hall–Kier alpha value is -3.85. The van der Waals surface area contributed by atoms with Crippen molar-refractivity contribution in [3.8, 4) is 28.5 Å². The highest BCUT2D eigenvalue weighted by Crippen LogP contribution is 2.30. The molecule has 1 aliphatic carbocycles. The number of nitrogens with one attached hydrogen (secondary N) is 1. The topological polar surface area (TPSA) is 93.2 Å². The third kappa shape index (κ3) is 5.17. The summed E-state index contributed by atoms with van der Waals surface area (Å²) >= 11 is 0. The van der Waals surface area contributed by atoms with E-state index in [-0.39, 0.29) is 23.7 Å². The number of morpholine rings is 1. The van der Waals surface area contributed by atoms with Crippen LogP contribution in [0.15, 0.2) is 54.9 Å². The highest BCUT2D eigenvalue weighted by molar-refractivity contribution is 5.80. The molecule has 4 heterocycles. The lowest BCUT2D eigenvalue weighted by Gasteiger charge is -2.33. The molecule has 1 N–H and O–H groups in total. The monoisotopic (exact) mass is 501 g/mol. The van der Waals surface area contributed by atoms with Crippen LogP contribution in [0.4, 0.5) is 4.39 Å². The maximum Gasteiger partial charge on any atom is 0.225 e.